The summed E-state index contributed by atoms with van der Waals surface area (Å²) in [7, 11) is 5.02. The molecule has 9 nitrogen and oxygen atoms in total. The zero-order valence-electron chi connectivity index (χ0n) is 18.1. The molecule has 0 aliphatic carbocycles. The van der Waals surface area contributed by atoms with Crippen molar-refractivity contribution in [1.82, 2.24) is 9.78 Å². The van der Waals surface area contributed by atoms with Gasteiger partial charge in [0.05, 0.1) is 51.3 Å². The van der Waals surface area contributed by atoms with Gasteiger partial charge in [-0.2, -0.15) is 5.10 Å². The number of hydrogen-bond donors (Lipinski definition) is 1. The van der Waals surface area contributed by atoms with Gasteiger partial charge >= 0.3 is 0 Å². The van der Waals surface area contributed by atoms with Crippen LogP contribution in [0.15, 0.2) is 36.4 Å². The molecule has 0 spiro atoms. The lowest BCUT2D eigenvalue weighted by Crippen LogP contribution is -2.17. The Labute approximate surface area is 187 Å². The standard InChI is InChI=1S/C22H23N3O6S/c1-28-15-7-5-14(6-8-15)25-21(16-11-32(27)12-17(16)24-25)23-22(26)13-9-18(29-2)20(31-4)19(10-13)30-3/h5-10H,11-12H2,1-4H3,(H,23,26)/t32-/m1/s1. The summed E-state index contributed by atoms with van der Waals surface area (Å²) in [5.41, 5.74) is 2.53. The molecule has 1 N–H and O–H groups in total. The molecule has 1 aliphatic rings. The molecular formula is C22H23N3O6S. The number of aromatic nitrogens is 2. The zero-order chi connectivity index (χ0) is 22.8. The Bertz CT molecular complexity index is 1160. The largest absolute Gasteiger partial charge is 0.497 e. The summed E-state index contributed by atoms with van der Waals surface area (Å²) in [5, 5.41) is 7.55. The highest BCUT2D eigenvalue weighted by Crippen LogP contribution is 2.39. The molecule has 0 unspecified atom stereocenters. The Balaban J connectivity index is 1.74. The molecule has 2 heterocycles. The van der Waals surface area contributed by atoms with Crippen LogP contribution in [0.4, 0.5) is 5.82 Å². The zero-order valence-corrected chi connectivity index (χ0v) is 18.9. The Kier molecular flexibility index (Phi) is 6.04. The predicted octanol–water partition coefficient (Wildman–Crippen LogP) is 2.92. The van der Waals surface area contributed by atoms with Crippen LogP contribution < -0.4 is 24.3 Å². The van der Waals surface area contributed by atoms with Crippen LogP contribution in [0.25, 0.3) is 5.69 Å². The fourth-order valence-electron chi connectivity index (χ4n) is 3.56. The van der Waals surface area contributed by atoms with Gasteiger partial charge in [-0.1, -0.05) is 0 Å². The molecule has 1 aliphatic heterocycles. The molecule has 1 amide bonds. The van der Waals surface area contributed by atoms with Crippen molar-refractivity contribution in [3.8, 4) is 28.7 Å². The van der Waals surface area contributed by atoms with Crippen LogP contribution in [0.5, 0.6) is 23.0 Å². The third-order valence-electron chi connectivity index (χ3n) is 5.15. The van der Waals surface area contributed by atoms with Crippen molar-refractivity contribution >= 4 is 22.5 Å². The van der Waals surface area contributed by atoms with E-state index in [-0.39, 0.29) is 5.91 Å². The second-order valence-corrected chi connectivity index (χ2v) is 8.44. The second kappa shape index (κ2) is 8.91. The predicted molar refractivity (Wildman–Crippen MR) is 120 cm³/mol. The molecule has 0 fully saturated rings. The summed E-state index contributed by atoms with van der Waals surface area (Å²) in [4.78, 5) is 13.2. The SMILES string of the molecule is COc1ccc(-n2nc3c(c2NC(=O)c2cc(OC)c(OC)c(OC)c2)C[S@@](=O)C3)cc1. The first-order valence-electron chi connectivity index (χ1n) is 9.70. The molecule has 2 aromatic carbocycles. The Morgan fingerprint density at radius 3 is 2.19 bits per heavy atom. The van der Waals surface area contributed by atoms with Crippen molar-refractivity contribution in [2.45, 2.75) is 11.5 Å². The smallest absolute Gasteiger partial charge is 0.257 e. The lowest BCUT2D eigenvalue weighted by molar-refractivity contribution is 0.102. The highest BCUT2D eigenvalue weighted by Gasteiger charge is 2.29. The van der Waals surface area contributed by atoms with Crippen LogP contribution in [0.2, 0.25) is 0 Å². The number of benzene rings is 2. The van der Waals surface area contributed by atoms with Gasteiger partial charge in [0.1, 0.15) is 11.6 Å². The lowest BCUT2D eigenvalue weighted by Gasteiger charge is -2.15. The van der Waals surface area contributed by atoms with Gasteiger partial charge in [-0.05, 0) is 36.4 Å². The lowest BCUT2D eigenvalue weighted by atomic mass is 10.1. The second-order valence-electron chi connectivity index (χ2n) is 6.98. The summed E-state index contributed by atoms with van der Waals surface area (Å²) in [5.74, 6) is 2.61. The van der Waals surface area contributed by atoms with E-state index in [0.29, 0.717) is 51.6 Å². The summed E-state index contributed by atoms with van der Waals surface area (Å²) in [6.07, 6.45) is 0. The average molecular weight is 458 g/mol. The number of carbonyl (C=O) groups excluding carboxylic acids is 1. The van der Waals surface area contributed by atoms with Crippen molar-refractivity contribution in [3.05, 3.63) is 53.2 Å². The number of fused-ring (bicyclic) bond motifs is 1. The van der Waals surface area contributed by atoms with Gasteiger partial charge in [0.2, 0.25) is 5.75 Å². The Morgan fingerprint density at radius 2 is 1.62 bits per heavy atom. The third kappa shape index (κ3) is 3.89. The van der Waals surface area contributed by atoms with Gasteiger partial charge in [-0.25, -0.2) is 4.68 Å². The summed E-state index contributed by atoms with van der Waals surface area (Å²) >= 11 is 0. The van der Waals surface area contributed by atoms with Gasteiger partial charge in [-0.3, -0.25) is 9.00 Å². The van der Waals surface area contributed by atoms with Gasteiger partial charge in [0, 0.05) is 21.9 Å². The van der Waals surface area contributed by atoms with Crippen molar-refractivity contribution < 1.29 is 28.0 Å². The van der Waals surface area contributed by atoms with Crippen molar-refractivity contribution in [2.75, 3.05) is 33.8 Å². The number of anilines is 1. The normalized spacial score (nSPS) is 14.6. The van der Waals surface area contributed by atoms with E-state index >= 15 is 0 Å². The molecular weight excluding hydrogens is 434 g/mol. The maximum atomic E-state index is 13.2. The van der Waals surface area contributed by atoms with Crippen LogP contribution >= 0.6 is 0 Å². The van der Waals surface area contributed by atoms with E-state index in [9.17, 15) is 9.00 Å². The highest BCUT2D eigenvalue weighted by molar-refractivity contribution is 7.83. The van der Waals surface area contributed by atoms with Crippen LogP contribution in [-0.2, 0) is 22.3 Å². The monoisotopic (exact) mass is 457 g/mol. The minimum atomic E-state index is -1.05. The molecule has 0 saturated heterocycles. The van der Waals surface area contributed by atoms with Crippen LogP contribution in [0.3, 0.4) is 0 Å². The van der Waals surface area contributed by atoms with Gasteiger partial charge in [0.25, 0.3) is 5.91 Å². The fraction of sp³-hybridized carbons (Fsp3) is 0.273. The topological polar surface area (TPSA) is 101 Å². The Morgan fingerprint density at radius 1 is 0.969 bits per heavy atom. The maximum absolute atomic E-state index is 13.2. The molecule has 1 aromatic heterocycles. The number of rotatable bonds is 7. The van der Waals surface area contributed by atoms with Crippen molar-refractivity contribution in [1.29, 1.82) is 0 Å². The Hall–Kier alpha value is -3.53. The van der Waals surface area contributed by atoms with Crippen LogP contribution in [0.1, 0.15) is 21.6 Å². The number of nitrogens with one attached hydrogen (secondary N) is 1. The third-order valence-corrected chi connectivity index (χ3v) is 6.35. The van der Waals surface area contributed by atoms with Gasteiger partial charge in [0.15, 0.2) is 11.5 Å². The molecule has 4 rings (SSSR count). The minimum absolute atomic E-state index is 0.315. The number of carbonyl (C=O) groups is 1. The van der Waals surface area contributed by atoms with Crippen LogP contribution in [0, 0.1) is 0 Å². The van der Waals surface area contributed by atoms with E-state index in [4.69, 9.17) is 18.9 Å². The van der Waals surface area contributed by atoms with E-state index < -0.39 is 10.8 Å². The van der Waals surface area contributed by atoms with E-state index in [0.717, 1.165) is 11.3 Å². The number of amides is 1. The summed E-state index contributed by atoms with van der Waals surface area (Å²) in [6, 6.07) is 10.4. The first kappa shape index (κ1) is 21.7. The molecule has 0 bridgehead atoms. The van der Waals surface area contributed by atoms with Crippen molar-refractivity contribution in [3.63, 3.8) is 0 Å². The molecule has 10 heteroatoms. The maximum Gasteiger partial charge on any atom is 0.257 e. The summed E-state index contributed by atoms with van der Waals surface area (Å²) in [6.45, 7) is 0. The van der Waals surface area contributed by atoms with E-state index in [1.165, 1.54) is 21.3 Å². The number of ether oxygens (including phenoxy) is 4. The van der Waals surface area contributed by atoms with E-state index in [1.807, 2.05) is 24.3 Å². The average Bonchev–Trinajstić information content (AvgIpc) is 3.34. The molecule has 0 radical (unpaired) electrons. The van der Waals surface area contributed by atoms with E-state index in [2.05, 4.69) is 10.4 Å². The highest BCUT2D eigenvalue weighted by atomic mass is 32.2. The molecule has 3 aromatic rings. The number of methoxy groups -OCH3 is 4. The van der Waals surface area contributed by atoms with Gasteiger partial charge in [-0.15, -0.1) is 0 Å². The van der Waals surface area contributed by atoms with Crippen LogP contribution in [-0.4, -0.2) is 48.3 Å². The molecule has 32 heavy (non-hydrogen) atoms. The van der Waals surface area contributed by atoms with Gasteiger partial charge < -0.3 is 24.3 Å². The molecule has 0 saturated carbocycles. The summed E-state index contributed by atoms with van der Waals surface area (Å²) < 4.78 is 35.0. The number of hydrogen-bond acceptors (Lipinski definition) is 7. The van der Waals surface area contributed by atoms with E-state index in [1.54, 1.807) is 23.9 Å². The minimum Gasteiger partial charge on any atom is -0.497 e. The number of nitrogens with zero attached hydrogens (tertiary/aromatic N) is 2. The molecule has 168 valence electrons. The first-order chi connectivity index (χ1) is 15.5. The first-order valence-corrected chi connectivity index (χ1v) is 11.2. The molecule has 1 atom stereocenters. The van der Waals surface area contributed by atoms with Crippen molar-refractivity contribution in [2.24, 2.45) is 0 Å². The quantitative estimate of drug-likeness (QED) is 0.582. The fourth-order valence-corrected chi connectivity index (χ4v) is 4.82.